The first-order valence-electron chi connectivity index (χ1n) is 4.31. The van der Waals surface area contributed by atoms with Gasteiger partial charge >= 0.3 is 0 Å². The highest BCUT2D eigenvalue weighted by molar-refractivity contribution is 7.25. The molecule has 0 aromatic carbocycles. The van der Waals surface area contributed by atoms with E-state index in [2.05, 4.69) is 22.1 Å². The molecule has 3 aromatic heterocycles. The first-order chi connectivity index (χ1) is 6.86. The van der Waals surface area contributed by atoms with Crippen LogP contribution in [0.3, 0.4) is 0 Å². The number of rotatable bonds is 0. The Hall–Kier alpha value is -1.55. The molecule has 0 bridgehead atoms. The zero-order valence-electron chi connectivity index (χ0n) is 7.56. The molecule has 68 valence electrons. The van der Waals surface area contributed by atoms with Crippen LogP contribution >= 0.6 is 11.3 Å². The van der Waals surface area contributed by atoms with Gasteiger partial charge in [-0.3, -0.25) is 0 Å². The largest absolute Gasteiger partial charge is 0.245 e. The highest BCUT2D eigenvalue weighted by atomic mass is 32.1. The summed E-state index contributed by atoms with van der Waals surface area (Å²) in [5.74, 6) is 0. The summed E-state index contributed by atoms with van der Waals surface area (Å²) in [7, 11) is 0. The quantitative estimate of drug-likeness (QED) is 0.561. The Morgan fingerprint density at radius 1 is 1.21 bits per heavy atom. The smallest absolute Gasteiger partial charge is 0.124 e. The van der Waals surface area contributed by atoms with Gasteiger partial charge in [-0.2, -0.15) is 10.2 Å². The zero-order valence-corrected chi connectivity index (χ0v) is 8.38. The molecular formula is C10H7N3S. The van der Waals surface area contributed by atoms with Crippen LogP contribution in [0.25, 0.3) is 20.3 Å². The van der Waals surface area contributed by atoms with E-state index in [4.69, 9.17) is 0 Å². The lowest BCUT2D eigenvalue weighted by Crippen LogP contribution is -1.78. The molecule has 3 rings (SSSR count). The van der Waals surface area contributed by atoms with Gasteiger partial charge in [0.05, 0.1) is 17.1 Å². The molecule has 0 amide bonds. The average molecular weight is 201 g/mol. The number of hydrogen-bond donors (Lipinski definition) is 0. The maximum absolute atomic E-state index is 4.34. The molecule has 14 heavy (non-hydrogen) atoms. The Morgan fingerprint density at radius 2 is 2.07 bits per heavy atom. The zero-order chi connectivity index (χ0) is 9.54. The standard InChI is InChI=1S/C10H7N3S/c1-6-2-3-11-10-9(6)7-4-12-13-5-8(7)14-10/h2-5H,1H3. The Bertz CT molecular complexity index is 615. The Kier molecular flexibility index (Phi) is 1.52. The molecule has 0 atom stereocenters. The number of aromatic nitrogens is 3. The van der Waals surface area contributed by atoms with Crippen molar-refractivity contribution in [1.29, 1.82) is 0 Å². The molecule has 0 saturated carbocycles. The molecule has 3 heterocycles. The van der Waals surface area contributed by atoms with Gasteiger partial charge in [-0.15, -0.1) is 11.3 Å². The number of nitrogens with zero attached hydrogens (tertiary/aromatic N) is 3. The predicted octanol–water partition coefficient (Wildman–Crippen LogP) is 2.55. The SMILES string of the molecule is Cc1ccnc2sc3cnncc3c12. The second-order valence-corrected chi connectivity index (χ2v) is 4.21. The number of fused-ring (bicyclic) bond motifs is 3. The third-order valence-electron chi connectivity index (χ3n) is 2.29. The second-order valence-electron chi connectivity index (χ2n) is 3.18. The lowest BCUT2D eigenvalue weighted by atomic mass is 10.1. The van der Waals surface area contributed by atoms with Crippen molar-refractivity contribution in [3.63, 3.8) is 0 Å². The van der Waals surface area contributed by atoms with Crippen molar-refractivity contribution >= 4 is 31.6 Å². The van der Waals surface area contributed by atoms with Crippen molar-refractivity contribution in [3.05, 3.63) is 30.2 Å². The monoisotopic (exact) mass is 201 g/mol. The fourth-order valence-corrected chi connectivity index (χ4v) is 2.68. The highest BCUT2D eigenvalue weighted by Gasteiger charge is 2.07. The van der Waals surface area contributed by atoms with E-state index in [-0.39, 0.29) is 0 Å². The molecule has 0 N–H and O–H groups in total. The molecule has 0 aliphatic carbocycles. The van der Waals surface area contributed by atoms with Crippen molar-refractivity contribution in [1.82, 2.24) is 15.2 Å². The lowest BCUT2D eigenvalue weighted by molar-refractivity contribution is 1.05. The summed E-state index contributed by atoms with van der Waals surface area (Å²) in [4.78, 5) is 5.41. The van der Waals surface area contributed by atoms with Crippen LogP contribution in [-0.4, -0.2) is 15.2 Å². The lowest BCUT2D eigenvalue weighted by Gasteiger charge is -1.93. The van der Waals surface area contributed by atoms with Crippen molar-refractivity contribution < 1.29 is 0 Å². The first-order valence-corrected chi connectivity index (χ1v) is 5.12. The molecule has 0 aliphatic heterocycles. The molecule has 4 heteroatoms. The summed E-state index contributed by atoms with van der Waals surface area (Å²) >= 11 is 1.66. The van der Waals surface area contributed by atoms with E-state index in [1.807, 2.05) is 18.5 Å². The minimum Gasteiger partial charge on any atom is -0.245 e. The molecular weight excluding hydrogens is 194 g/mol. The Labute approximate surface area is 84.4 Å². The average Bonchev–Trinajstić information content (AvgIpc) is 2.57. The summed E-state index contributed by atoms with van der Waals surface area (Å²) < 4.78 is 1.15. The maximum atomic E-state index is 4.34. The van der Waals surface area contributed by atoms with Crippen molar-refractivity contribution in [2.24, 2.45) is 0 Å². The van der Waals surface area contributed by atoms with Gasteiger partial charge < -0.3 is 0 Å². The third kappa shape index (κ3) is 0.943. The summed E-state index contributed by atoms with van der Waals surface area (Å²) in [6.07, 6.45) is 5.44. The molecule has 0 saturated heterocycles. The fourth-order valence-electron chi connectivity index (χ4n) is 1.62. The van der Waals surface area contributed by atoms with Gasteiger partial charge in [0, 0.05) is 17.0 Å². The van der Waals surface area contributed by atoms with Gasteiger partial charge in [0.25, 0.3) is 0 Å². The van der Waals surface area contributed by atoms with Crippen LogP contribution < -0.4 is 0 Å². The summed E-state index contributed by atoms with van der Waals surface area (Å²) in [5.41, 5.74) is 1.24. The topological polar surface area (TPSA) is 38.7 Å². The van der Waals surface area contributed by atoms with E-state index in [0.29, 0.717) is 0 Å². The van der Waals surface area contributed by atoms with Crippen molar-refractivity contribution in [3.8, 4) is 0 Å². The van der Waals surface area contributed by atoms with Crippen LogP contribution in [0.1, 0.15) is 5.56 Å². The molecule has 0 unspecified atom stereocenters. The van der Waals surface area contributed by atoms with E-state index in [1.54, 1.807) is 17.5 Å². The van der Waals surface area contributed by atoms with Crippen LogP contribution in [0.5, 0.6) is 0 Å². The van der Waals surface area contributed by atoms with Gasteiger partial charge in [0.15, 0.2) is 0 Å². The van der Waals surface area contributed by atoms with Crippen molar-refractivity contribution in [2.75, 3.05) is 0 Å². The first kappa shape index (κ1) is 7.82. The van der Waals surface area contributed by atoms with Gasteiger partial charge in [-0.25, -0.2) is 4.98 Å². The fraction of sp³-hybridized carbons (Fsp3) is 0.100. The molecule has 0 fully saturated rings. The van der Waals surface area contributed by atoms with Gasteiger partial charge in [-0.05, 0) is 18.6 Å². The van der Waals surface area contributed by atoms with Crippen LogP contribution in [0.4, 0.5) is 0 Å². The third-order valence-corrected chi connectivity index (χ3v) is 3.34. The number of hydrogen-bond acceptors (Lipinski definition) is 4. The Balaban J connectivity index is 2.65. The van der Waals surface area contributed by atoms with Crippen LogP contribution in [-0.2, 0) is 0 Å². The molecule has 0 spiro atoms. The van der Waals surface area contributed by atoms with Crippen LogP contribution in [0.15, 0.2) is 24.7 Å². The molecule has 3 nitrogen and oxygen atoms in total. The highest BCUT2D eigenvalue weighted by Crippen LogP contribution is 2.32. The number of pyridine rings is 1. The van der Waals surface area contributed by atoms with Crippen LogP contribution in [0, 0.1) is 6.92 Å². The minimum atomic E-state index is 1.06. The van der Waals surface area contributed by atoms with E-state index >= 15 is 0 Å². The molecule has 3 aromatic rings. The van der Waals surface area contributed by atoms with Gasteiger partial charge in [-0.1, -0.05) is 0 Å². The van der Waals surface area contributed by atoms with E-state index < -0.39 is 0 Å². The van der Waals surface area contributed by atoms with E-state index in [1.165, 1.54) is 10.9 Å². The molecule has 0 radical (unpaired) electrons. The summed E-state index contributed by atoms with van der Waals surface area (Å²) in [5, 5.41) is 10.1. The normalized spacial score (nSPS) is 11.2. The minimum absolute atomic E-state index is 1.06. The van der Waals surface area contributed by atoms with Gasteiger partial charge in [0.1, 0.15) is 4.83 Å². The summed E-state index contributed by atoms with van der Waals surface area (Å²) in [6, 6.07) is 2.02. The van der Waals surface area contributed by atoms with E-state index in [0.717, 1.165) is 14.9 Å². The number of aryl methyl sites for hydroxylation is 1. The summed E-state index contributed by atoms with van der Waals surface area (Å²) in [6.45, 7) is 2.09. The number of thiophene rings is 1. The van der Waals surface area contributed by atoms with Crippen molar-refractivity contribution in [2.45, 2.75) is 6.92 Å². The van der Waals surface area contributed by atoms with E-state index in [9.17, 15) is 0 Å². The predicted molar refractivity (Wildman–Crippen MR) is 57.5 cm³/mol. The Morgan fingerprint density at radius 3 is 3.00 bits per heavy atom. The van der Waals surface area contributed by atoms with Gasteiger partial charge in [0.2, 0.25) is 0 Å². The maximum Gasteiger partial charge on any atom is 0.124 e. The molecule has 0 aliphatic rings. The van der Waals surface area contributed by atoms with Crippen LogP contribution in [0.2, 0.25) is 0 Å². The second kappa shape index (κ2) is 2.72.